The lowest BCUT2D eigenvalue weighted by atomic mass is 9.94. The molecular formula is C32H27NO5. The summed E-state index contributed by atoms with van der Waals surface area (Å²) in [5.41, 5.74) is 2.68. The monoisotopic (exact) mass is 505 g/mol. The predicted octanol–water partition coefficient (Wildman–Crippen LogP) is 6.81. The van der Waals surface area contributed by atoms with E-state index in [1.807, 2.05) is 68.4 Å². The number of hydrogen-bond donors (Lipinski definition) is 1. The van der Waals surface area contributed by atoms with Crippen molar-refractivity contribution in [3.05, 3.63) is 125 Å². The summed E-state index contributed by atoms with van der Waals surface area (Å²) in [6.07, 6.45) is 0. The number of Topliss-reactive ketones (excluding diaryl/α,β-unsaturated/α-hetero) is 1. The second kappa shape index (κ2) is 10.6. The molecule has 1 heterocycles. The van der Waals surface area contributed by atoms with Crippen molar-refractivity contribution >= 4 is 23.1 Å². The van der Waals surface area contributed by atoms with Crippen molar-refractivity contribution < 1.29 is 24.2 Å². The van der Waals surface area contributed by atoms with Crippen LogP contribution in [0.5, 0.6) is 17.2 Å². The van der Waals surface area contributed by atoms with Crippen LogP contribution in [-0.2, 0) is 9.59 Å². The smallest absolute Gasteiger partial charge is 0.300 e. The summed E-state index contributed by atoms with van der Waals surface area (Å²) < 4.78 is 11.4. The van der Waals surface area contributed by atoms with Crippen LogP contribution in [0.1, 0.15) is 29.7 Å². The van der Waals surface area contributed by atoms with Crippen molar-refractivity contribution in [2.45, 2.75) is 19.9 Å². The van der Waals surface area contributed by atoms with E-state index in [9.17, 15) is 14.7 Å². The molecule has 0 aromatic heterocycles. The number of benzene rings is 4. The highest BCUT2D eigenvalue weighted by Gasteiger charge is 2.47. The number of aliphatic hydroxyl groups is 1. The van der Waals surface area contributed by atoms with Crippen LogP contribution >= 0.6 is 0 Å². The molecule has 6 heteroatoms. The molecule has 0 bridgehead atoms. The minimum atomic E-state index is -0.803. The summed E-state index contributed by atoms with van der Waals surface area (Å²) in [5.74, 6) is 0.254. The Hall–Kier alpha value is -4.84. The number of carbonyl (C=O) groups excluding carboxylic acids is 2. The maximum Gasteiger partial charge on any atom is 0.300 e. The minimum absolute atomic E-state index is 0.0365. The highest BCUT2D eigenvalue weighted by molar-refractivity contribution is 6.51. The van der Waals surface area contributed by atoms with E-state index in [-0.39, 0.29) is 11.3 Å². The van der Waals surface area contributed by atoms with Crippen molar-refractivity contribution in [2.75, 3.05) is 11.5 Å². The number of ether oxygens (including phenoxy) is 2. The van der Waals surface area contributed by atoms with Gasteiger partial charge in [-0.25, -0.2) is 0 Å². The molecule has 0 aliphatic carbocycles. The van der Waals surface area contributed by atoms with E-state index in [1.54, 1.807) is 48.5 Å². The Kier molecular flexibility index (Phi) is 6.96. The summed E-state index contributed by atoms with van der Waals surface area (Å²) in [6.45, 7) is 4.34. The predicted molar refractivity (Wildman–Crippen MR) is 147 cm³/mol. The first-order valence-electron chi connectivity index (χ1n) is 12.4. The Labute approximate surface area is 221 Å². The molecule has 1 aliphatic heterocycles. The third-order valence-corrected chi connectivity index (χ3v) is 6.33. The Balaban J connectivity index is 1.57. The largest absolute Gasteiger partial charge is 0.507 e. The molecule has 1 aliphatic rings. The molecule has 0 spiro atoms. The average molecular weight is 506 g/mol. The Morgan fingerprint density at radius 3 is 2.13 bits per heavy atom. The van der Waals surface area contributed by atoms with Gasteiger partial charge in [-0.15, -0.1) is 0 Å². The first-order chi connectivity index (χ1) is 18.5. The van der Waals surface area contributed by atoms with Crippen molar-refractivity contribution in [1.29, 1.82) is 0 Å². The van der Waals surface area contributed by atoms with Gasteiger partial charge in [0.25, 0.3) is 11.7 Å². The number of hydrogen-bond acceptors (Lipinski definition) is 5. The summed E-state index contributed by atoms with van der Waals surface area (Å²) in [6, 6.07) is 30.0. The zero-order valence-electron chi connectivity index (χ0n) is 21.1. The lowest BCUT2D eigenvalue weighted by Gasteiger charge is -2.26. The summed E-state index contributed by atoms with van der Waals surface area (Å²) >= 11 is 0. The maximum atomic E-state index is 13.4. The third kappa shape index (κ3) is 4.89. The van der Waals surface area contributed by atoms with Gasteiger partial charge in [-0.05, 0) is 80.1 Å². The SMILES string of the molecule is CCOc1ccc(/C(O)=C2/C(=O)C(=O)N(c3ccc(Oc4ccccc4)cc3)C2c2cccc(C)c2)cc1. The number of aryl methyl sites for hydroxylation is 1. The summed E-state index contributed by atoms with van der Waals surface area (Å²) in [4.78, 5) is 28.2. The zero-order valence-corrected chi connectivity index (χ0v) is 21.1. The summed E-state index contributed by atoms with van der Waals surface area (Å²) in [5, 5.41) is 11.3. The number of carbonyl (C=O) groups is 2. The zero-order chi connectivity index (χ0) is 26.6. The van der Waals surface area contributed by atoms with Crippen molar-refractivity contribution in [2.24, 2.45) is 0 Å². The normalized spacial score (nSPS) is 16.5. The molecule has 1 unspecified atom stereocenters. The molecule has 0 saturated carbocycles. The lowest BCUT2D eigenvalue weighted by molar-refractivity contribution is -0.132. The number of amides is 1. The van der Waals surface area contributed by atoms with Crippen molar-refractivity contribution in [1.82, 2.24) is 0 Å². The fourth-order valence-electron chi connectivity index (χ4n) is 4.59. The van der Waals surface area contributed by atoms with Gasteiger partial charge in [0.15, 0.2) is 0 Å². The molecule has 1 saturated heterocycles. The van der Waals surface area contributed by atoms with Crippen LogP contribution in [0, 0.1) is 6.92 Å². The van der Waals surface area contributed by atoms with E-state index >= 15 is 0 Å². The van der Waals surface area contributed by atoms with Crippen molar-refractivity contribution in [3.8, 4) is 17.2 Å². The number of ketones is 1. The lowest BCUT2D eigenvalue weighted by Crippen LogP contribution is -2.29. The number of anilines is 1. The van der Waals surface area contributed by atoms with Crippen LogP contribution in [0.2, 0.25) is 0 Å². The quantitative estimate of drug-likeness (QED) is 0.170. The molecule has 1 amide bonds. The van der Waals surface area contributed by atoms with Crippen molar-refractivity contribution in [3.63, 3.8) is 0 Å². The van der Waals surface area contributed by atoms with E-state index in [4.69, 9.17) is 9.47 Å². The Morgan fingerprint density at radius 1 is 0.816 bits per heavy atom. The first kappa shape index (κ1) is 24.8. The van der Waals surface area contributed by atoms with Gasteiger partial charge in [0.2, 0.25) is 0 Å². The van der Waals surface area contributed by atoms with Gasteiger partial charge in [-0.2, -0.15) is 0 Å². The number of aliphatic hydroxyl groups excluding tert-OH is 1. The van der Waals surface area contributed by atoms with Gasteiger partial charge in [0, 0.05) is 11.3 Å². The van der Waals surface area contributed by atoms with Crippen LogP contribution in [-0.4, -0.2) is 23.4 Å². The number of rotatable bonds is 7. The molecule has 4 aromatic carbocycles. The molecule has 0 radical (unpaired) electrons. The van der Waals surface area contributed by atoms with E-state index in [0.717, 1.165) is 11.1 Å². The average Bonchev–Trinajstić information content (AvgIpc) is 3.20. The Bertz CT molecular complexity index is 1490. The molecule has 1 N–H and O–H groups in total. The maximum absolute atomic E-state index is 13.4. The van der Waals surface area contributed by atoms with Crippen LogP contribution in [0.25, 0.3) is 5.76 Å². The molecule has 1 atom stereocenters. The second-order valence-electron chi connectivity index (χ2n) is 8.95. The minimum Gasteiger partial charge on any atom is -0.507 e. The van der Waals surface area contributed by atoms with Gasteiger partial charge < -0.3 is 14.6 Å². The first-order valence-corrected chi connectivity index (χ1v) is 12.4. The third-order valence-electron chi connectivity index (χ3n) is 6.33. The van der Waals surface area contributed by atoms with Crippen LogP contribution in [0.15, 0.2) is 109 Å². The Morgan fingerprint density at radius 2 is 1.47 bits per heavy atom. The molecule has 5 rings (SSSR count). The van der Waals surface area contributed by atoms with Gasteiger partial charge in [-0.3, -0.25) is 14.5 Å². The van der Waals surface area contributed by atoms with E-state index < -0.39 is 17.7 Å². The van der Waals surface area contributed by atoms with E-state index in [1.165, 1.54) is 4.90 Å². The number of para-hydroxylation sites is 1. The van der Waals surface area contributed by atoms with Crippen LogP contribution in [0.3, 0.4) is 0 Å². The van der Waals surface area contributed by atoms with Crippen LogP contribution in [0.4, 0.5) is 5.69 Å². The second-order valence-corrected chi connectivity index (χ2v) is 8.95. The van der Waals surface area contributed by atoms with Gasteiger partial charge in [0.05, 0.1) is 18.2 Å². The molecule has 1 fully saturated rings. The molecule has 4 aromatic rings. The van der Waals surface area contributed by atoms with E-state index in [2.05, 4.69) is 0 Å². The molecule has 38 heavy (non-hydrogen) atoms. The molecular weight excluding hydrogens is 478 g/mol. The summed E-state index contributed by atoms with van der Waals surface area (Å²) in [7, 11) is 0. The fraction of sp³-hybridized carbons (Fsp3) is 0.125. The van der Waals surface area contributed by atoms with Crippen LogP contribution < -0.4 is 14.4 Å². The van der Waals surface area contributed by atoms with E-state index in [0.29, 0.717) is 35.1 Å². The highest BCUT2D eigenvalue weighted by Crippen LogP contribution is 2.43. The van der Waals surface area contributed by atoms with Gasteiger partial charge >= 0.3 is 0 Å². The number of nitrogens with zero attached hydrogens (tertiary/aromatic N) is 1. The van der Waals surface area contributed by atoms with Gasteiger partial charge in [0.1, 0.15) is 23.0 Å². The topological polar surface area (TPSA) is 76.1 Å². The fourth-order valence-corrected chi connectivity index (χ4v) is 4.59. The standard InChI is InChI=1S/C32H27NO5/c1-3-37-25-16-12-22(13-17-25)30(34)28-29(23-9-7-8-21(2)20-23)33(32(36)31(28)35)24-14-18-27(19-15-24)38-26-10-5-4-6-11-26/h4-20,29,34H,3H2,1-2H3/b30-28-. The molecule has 6 nitrogen and oxygen atoms in total. The van der Waals surface area contributed by atoms with Gasteiger partial charge in [-0.1, -0.05) is 48.0 Å². The molecule has 190 valence electrons. The highest BCUT2D eigenvalue weighted by atomic mass is 16.5.